The third-order valence-corrected chi connectivity index (χ3v) is 6.93. The highest BCUT2D eigenvalue weighted by Crippen LogP contribution is 2.25. The molecule has 0 saturated carbocycles. The van der Waals surface area contributed by atoms with Crippen molar-refractivity contribution in [3.05, 3.63) is 47.0 Å². The number of nitrogens with one attached hydrogen (secondary N) is 1. The number of thiazole rings is 1. The van der Waals surface area contributed by atoms with E-state index in [2.05, 4.69) is 22.2 Å². The molecule has 0 aliphatic heterocycles. The molecule has 1 aromatic carbocycles. The Morgan fingerprint density at radius 3 is 2.65 bits per heavy atom. The van der Waals surface area contributed by atoms with Crippen LogP contribution in [-0.2, 0) is 12.8 Å². The molecule has 0 aliphatic rings. The third kappa shape index (κ3) is 7.26. The Kier molecular flexibility index (Phi) is 8.80. The molecule has 3 aromatic rings. The second-order valence-corrected chi connectivity index (χ2v) is 10.1. The van der Waals surface area contributed by atoms with E-state index >= 15 is 0 Å². The van der Waals surface area contributed by atoms with Gasteiger partial charge in [0.1, 0.15) is 5.82 Å². The number of aromatic nitrogens is 3. The zero-order valence-corrected chi connectivity index (χ0v) is 20.4. The van der Waals surface area contributed by atoms with Crippen LogP contribution in [0.3, 0.4) is 0 Å². The predicted molar refractivity (Wildman–Crippen MR) is 130 cm³/mol. The summed E-state index contributed by atoms with van der Waals surface area (Å²) < 4.78 is 1.07. The number of amides is 1. The largest absolute Gasteiger partial charge is 0.351 e. The van der Waals surface area contributed by atoms with Crippen LogP contribution >= 0.6 is 23.1 Å². The summed E-state index contributed by atoms with van der Waals surface area (Å²) in [6.07, 6.45) is 9.84. The van der Waals surface area contributed by atoms with Crippen LogP contribution in [0.1, 0.15) is 41.0 Å². The first-order valence-corrected chi connectivity index (χ1v) is 12.7. The molecule has 0 spiro atoms. The Labute approximate surface area is 192 Å². The summed E-state index contributed by atoms with van der Waals surface area (Å²) in [7, 11) is 3.99. The summed E-state index contributed by atoms with van der Waals surface area (Å²) in [5, 5.41) is 4.10. The molecule has 1 amide bonds. The molecular weight excluding hydrogens is 426 g/mol. The fourth-order valence-electron chi connectivity index (χ4n) is 3.18. The van der Waals surface area contributed by atoms with Crippen molar-refractivity contribution in [2.45, 2.75) is 37.5 Å². The molecule has 1 atom stereocenters. The van der Waals surface area contributed by atoms with Gasteiger partial charge in [-0.2, -0.15) is 0 Å². The molecule has 0 aliphatic carbocycles. The van der Waals surface area contributed by atoms with Gasteiger partial charge < -0.3 is 10.2 Å². The van der Waals surface area contributed by atoms with Gasteiger partial charge >= 0.3 is 0 Å². The van der Waals surface area contributed by atoms with Crippen molar-refractivity contribution in [3.8, 4) is 0 Å². The second kappa shape index (κ2) is 11.5. The Hall–Kier alpha value is -2.03. The number of likely N-dealkylation sites (N-methyl/N-ethyl adjacent to an activating group) is 1. The van der Waals surface area contributed by atoms with Crippen molar-refractivity contribution in [2.24, 2.45) is 5.92 Å². The van der Waals surface area contributed by atoms with Crippen LogP contribution in [0, 0.1) is 5.92 Å². The van der Waals surface area contributed by atoms with Gasteiger partial charge in [0.05, 0.1) is 15.2 Å². The number of nitrogens with zero attached hydrogens (tertiary/aromatic N) is 4. The number of hydrogen-bond donors (Lipinski definition) is 1. The van der Waals surface area contributed by atoms with E-state index in [4.69, 9.17) is 4.98 Å². The van der Waals surface area contributed by atoms with Gasteiger partial charge in [-0.1, -0.05) is 6.92 Å². The summed E-state index contributed by atoms with van der Waals surface area (Å²) in [5.74, 6) is 1.47. The average molecular weight is 458 g/mol. The molecule has 2 aromatic heterocycles. The maximum atomic E-state index is 12.4. The molecule has 31 heavy (non-hydrogen) atoms. The lowest BCUT2D eigenvalue weighted by Crippen LogP contribution is -2.31. The first-order chi connectivity index (χ1) is 14.9. The molecule has 3 rings (SSSR count). The molecule has 2 heterocycles. The molecule has 0 unspecified atom stereocenters. The number of thioether (sulfide) groups is 1. The van der Waals surface area contributed by atoms with E-state index in [-0.39, 0.29) is 5.91 Å². The molecule has 0 bridgehead atoms. The molecule has 0 radical (unpaired) electrons. The van der Waals surface area contributed by atoms with Gasteiger partial charge in [0.2, 0.25) is 0 Å². The van der Waals surface area contributed by atoms with Crippen molar-refractivity contribution < 1.29 is 4.79 Å². The molecule has 8 heteroatoms. The first kappa shape index (κ1) is 23.6. The molecule has 1 N–H and O–H groups in total. The maximum Gasteiger partial charge on any atom is 0.251 e. The van der Waals surface area contributed by atoms with Gasteiger partial charge in [0, 0.05) is 42.4 Å². The van der Waals surface area contributed by atoms with Crippen molar-refractivity contribution in [2.75, 3.05) is 33.4 Å². The average Bonchev–Trinajstić information content (AvgIpc) is 3.18. The van der Waals surface area contributed by atoms with Crippen LogP contribution in [0.25, 0.3) is 10.2 Å². The van der Waals surface area contributed by atoms with E-state index in [0.717, 1.165) is 58.2 Å². The van der Waals surface area contributed by atoms with Gasteiger partial charge in [0.15, 0.2) is 0 Å². The van der Waals surface area contributed by atoms with E-state index in [9.17, 15) is 4.79 Å². The van der Waals surface area contributed by atoms with E-state index in [0.29, 0.717) is 18.0 Å². The molecule has 0 fully saturated rings. The third-order valence-electron chi connectivity index (χ3n) is 5.17. The van der Waals surface area contributed by atoms with E-state index in [1.54, 1.807) is 23.1 Å². The van der Waals surface area contributed by atoms with Gasteiger partial charge in [-0.15, -0.1) is 23.1 Å². The minimum absolute atomic E-state index is 0.0277. The monoisotopic (exact) mass is 457 g/mol. The first-order valence-electron chi connectivity index (χ1n) is 10.6. The van der Waals surface area contributed by atoms with Crippen LogP contribution in [0.2, 0.25) is 0 Å². The number of carbonyl (C=O) groups excluding carboxylic acids is 1. The second-order valence-electron chi connectivity index (χ2n) is 8.07. The molecular formula is C23H31N5OS2. The van der Waals surface area contributed by atoms with Crippen LogP contribution in [-0.4, -0.2) is 59.2 Å². The van der Waals surface area contributed by atoms with E-state index in [1.165, 1.54) is 0 Å². The fraction of sp³-hybridized carbons (Fsp3) is 0.478. The number of aryl methyl sites for hydroxylation is 2. The summed E-state index contributed by atoms with van der Waals surface area (Å²) in [6.45, 7) is 3.74. The van der Waals surface area contributed by atoms with E-state index < -0.39 is 0 Å². The van der Waals surface area contributed by atoms with Crippen molar-refractivity contribution in [1.29, 1.82) is 0 Å². The zero-order chi connectivity index (χ0) is 22.2. The highest BCUT2D eigenvalue weighted by molar-refractivity contribution is 7.98. The molecule has 166 valence electrons. The Morgan fingerprint density at radius 2 is 1.94 bits per heavy atom. The SMILES string of the molecule is CSc1cnc(CC[C@H](C)CCc2nc3ccc(C(=O)NCCN(C)C)cc3s2)nc1. The van der Waals surface area contributed by atoms with Crippen LogP contribution in [0.4, 0.5) is 0 Å². The van der Waals surface area contributed by atoms with Gasteiger partial charge in [-0.05, 0) is 63.7 Å². The Bertz CT molecular complexity index is 987. The van der Waals surface area contributed by atoms with Gasteiger partial charge in [0.25, 0.3) is 5.91 Å². The maximum absolute atomic E-state index is 12.4. The van der Waals surface area contributed by atoms with Crippen molar-refractivity contribution >= 4 is 39.2 Å². The van der Waals surface area contributed by atoms with Crippen molar-refractivity contribution in [3.63, 3.8) is 0 Å². The minimum atomic E-state index is -0.0277. The highest BCUT2D eigenvalue weighted by atomic mass is 32.2. The van der Waals surface area contributed by atoms with Crippen molar-refractivity contribution in [1.82, 2.24) is 25.2 Å². The number of carbonyl (C=O) groups is 1. The summed E-state index contributed by atoms with van der Waals surface area (Å²) in [5.41, 5.74) is 1.67. The standard InChI is InChI=1S/C23H31N5OS2/c1-16(5-9-21-25-14-18(30-4)15-26-21)6-10-22-27-19-8-7-17(13-20(19)31-22)23(29)24-11-12-28(2)3/h7-8,13-16H,5-6,9-12H2,1-4H3,(H,24,29)/t16-/m0/s1. The van der Waals surface area contributed by atoms with E-state index in [1.807, 2.05) is 55.8 Å². The number of hydrogen-bond acceptors (Lipinski definition) is 7. The lowest BCUT2D eigenvalue weighted by molar-refractivity contribution is 0.0951. The number of rotatable bonds is 11. The van der Waals surface area contributed by atoms with Crippen LogP contribution in [0.15, 0.2) is 35.5 Å². The quantitative estimate of drug-likeness (QED) is 0.433. The molecule has 6 nitrogen and oxygen atoms in total. The predicted octanol–water partition coefficient (Wildman–Crippen LogP) is 4.30. The smallest absolute Gasteiger partial charge is 0.251 e. The fourth-order valence-corrected chi connectivity index (χ4v) is 4.52. The van der Waals surface area contributed by atoms with Gasteiger partial charge in [-0.3, -0.25) is 4.79 Å². The highest BCUT2D eigenvalue weighted by Gasteiger charge is 2.11. The lowest BCUT2D eigenvalue weighted by atomic mass is 10.00. The lowest BCUT2D eigenvalue weighted by Gasteiger charge is -2.10. The Morgan fingerprint density at radius 1 is 1.19 bits per heavy atom. The summed E-state index contributed by atoms with van der Waals surface area (Å²) in [4.78, 5) is 29.2. The Balaban J connectivity index is 1.50. The zero-order valence-electron chi connectivity index (χ0n) is 18.7. The topological polar surface area (TPSA) is 71.0 Å². The normalized spacial score (nSPS) is 12.4. The van der Waals surface area contributed by atoms with Crippen LogP contribution in [0.5, 0.6) is 0 Å². The number of fused-ring (bicyclic) bond motifs is 1. The summed E-state index contributed by atoms with van der Waals surface area (Å²) >= 11 is 3.35. The molecule has 0 saturated heterocycles. The number of benzene rings is 1. The summed E-state index contributed by atoms with van der Waals surface area (Å²) in [6, 6.07) is 5.78. The van der Waals surface area contributed by atoms with Gasteiger partial charge in [-0.25, -0.2) is 15.0 Å². The van der Waals surface area contributed by atoms with Crippen LogP contribution < -0.4 is 5.32 Å². The minimum Gasteiger partial charge on any atom is -0.351 e.